The first-order chi connectivity index (χ1) is 11.6. The molecule has 0 bridgehead atoms. The maximum atomic E-state index is 12.3. The molecular formula is C20H33Cl2N3O. The highest BCUT2D eigenvalue weighted by molar-refractivity contribution is 5.86. The van der Waals surface area contributed by atoms with Crippen LogP contribution in [0.3, 0.4) is 0 Å². The Morgan fingerprint density at radius 3 is 2.35 bits per heavy atom. The zero-order chi connectivity index (χ0) is 17.0. The van der Waals surface area contributed by atoms with Gasteiger partial charge in [-0.1, -0.05) is 43.5 Å². The van der Waals surface area contributed by atoms with E-state index in [0.29, 0.717) is 12.6 Å². The van der Waals surface area contributed by atoms with Crippen LogP contribution >= 0.6 is 24.8 Å². The van der Waals surface area contributed by atoms with Crippen molar-refractivity contribution in [2.24, 2.45) is 5.73 Å². The van der Waals surface area contributed by atoms with Crippen molar-refractivity contribution in [2.45, 2.75) is 76.5 Å². The molecule has 26 heavy (non-hydrogen) atoms. The quantitative estimate of drug-likeness (QED) is 0.788. The van der Waals surface area contributed by atoms with Crippen molar-refractivity contribution in [3.8, 4) is 0 Å². The summed E-state index contributed by atoms with van der Waals surface area (Å²) in [5.74, 6) is 0.00576. The van der Waals surface area contributed by atoms with Crippen LogP contribution in [0.2, 0.25) is 0 Å². The van der Waals surface area contributed by atoms with Crippen LogP contribution in [0.1, 0.15) is 63.0 Å². The van der Waals surface area contributed by atoms with Gasteiger partial charge in [0.15, 0.2) is 0 Å². The number of halogens is 2. The Hall–Kier alpha value is -0.810. The zero-order valence-corrected chi connectivity index (χ0v) is 17.3. The number of nitrogens with two attached hydrogens (primary N) is 1. The van der Waals surface area contributed by atoms with Crippen LogP contribution in [0.4, 0.5) is 0 Å². The third-order valence-electron chi connectivity index (χ3n) is 5.75. The first-order valence-corrected chi connectivity index (χ1v) is 9.46. The van der Waals surface area contributed by atoms with Crippen LogP contribution < -0.4 is 11.1 Å². The van der Waals surface area contributed by atoms with Crippen LogP contribution in [0.5, 0.6) is 0 Å². The van der Waals surface area contributed by atoms with Gasteiger partial charge >= 0.3 is 0 Å². The van der Waals surface area contributed by atoms with Crippen molar-refractivity contribution in [1.82, 2.24) is 10.2 Å². The van der Waals surface area contributed by atoms with Gasteiger partial charge in [-0.2, -0.15) is 0 Å². The molecule has 1 atom stereocenters. The lowest BCUT2D eigenvalue weighted by Gasteiger charge is -2.33. The van der Waals surface area contributed by atoms with Crippen LogP contribution in [0.15, 0.2) is 24.3 Å². The molecule has 0 radical (unpaired) electrons. The summed E-state index contributed by atoms with van der Waals surface area (Å²) in [4.78, 5) is 14.8. The number of nitrogens with zero attached hydrogens (tertiary/aromatic N) is 1. The number of hydrogen-bond acceptors (Lipinski definition) is 3. The molecule has 1 unspecified atom stereocenters. The molecule has 2 aliphatic rings. The molecule has 1 aliphatic carbocycles. The van der Waals surface area contributed by atoms with E-state index in [1.807, 2.05) is 0 Å². The van der Waals surface area contributed by atoms with Gasteiger partial charge in [-0.15, -0.1) is 24.8 Å². The molecule has 0 aromatic heterocycles. The molecule has 148 valence electrons. The van der Waals surface area contributed by atoms with Gasteiger partial charge in [0.1, 0.15) is 0 Å². The molecule has 1 heterocycles. The molecule has 0 spiro atoms. The highest BCUT2D eigenvalue weighted by Crippen LogP contribution is 2.27. The van der Waals surface area contributed by atoms with E-state index < -0.39 is 5.54 Å². The summed E-state index contributed by atoms with van der Waals surface area (Å²) in [6, 6.07) is 9.32. The fraction of sp³-hybridized carbons (Fsp3) is 0.650. The van der Waals surface area contributed by atoms with E-state index in [1.54, 1.807) is 0 Å². The Kier molecular flexibility index (Phi) is 9.39. The second-order valence-corrected chi connectivity index (χ2v) is 7.68. The van der Waals surface area contributed by atoms with Crippen LogP contribution in [0.25, 0.3) is 0 Å². The maximum absolute atomic E-state index is 12.3. The van der Waals surface area contributed by atoms with Crippen molar-refractivity contribution < 1.29 is 4.79 Å². The Balaban J connectivity index is 0.00000169. The Labute approximate surface area is 170 Å². The number of carbonyl (C=O) groups excluding carboxylic acids is 1. The second-order valence-electron chi connectivity index (χ2n) is 7.68. The average molecular weight is 402 g/mol. The van der Waals surface area contributed by atoms with Crippen LogP contribution in [-0.2, 0) is 17.9 Å². The highest BCUT2D eigenvalue weighted by Gasteiger charge is 2.36. The van der Waals surface area contributed by atoms with Crippen LogP contribution in [0, 0.1) is 0 Å². The summed E-state index contributed by atoms with van der Waals surface area (Å²) in [5.41, 5.74) is 8.05. The number of benzene rings is 1. The summed E-state index contributed by atoms with van der Waals surface area (Å²) in [6.45, 7) is 5.13. The van der Waals surface area contributed by atoms with Gasteiger partial charge in [-0.3, -0.25) is 9.69 Å². The molecule has 6 heteroatoms. The van der Waals surface area contributed by atoms with Gasteiger partial charge in [0.2, 0.25) is 5.91 Å². The Bertz CT molecular complexity index is 559. The van der Waals surface area contributed by atoms with Gasteiger partial charge in [-0.25, -0.2) is 0 Å². The first kappa shape index (κ1) is 23.2. The summed E-state index contributed by atoms with van der Waals surface area (Å²) < 4.78 is 0. The standard InChI is InChI=1S/C20H31N3O.2ClH/c1-16-6-2-5-13-23(16)15-18-9-7-17(8-10-18)14-22-19(24)20(21)11-3-4-12-20;;/h7-10,16H,2-6,11-15,21H2,1H3,(H,22,24);2*1H. The number of amides is 1. The molecule has 1 saturated carbocycles. The van der Waals surface area contributed by atoms with Crippen molar-refractivity contribution in [3.05, 3.63) is 35.4 Å². The van der Waals surface area contributed by atoms with Gasteiger partial charge in [-0.05, 0) is 50.3 Å². The molecule has 1 aromatic carbocycles. The predicted molar refractivity (Wildman–Crippen MR) is 112 cm³/mol. The van der Waals surface area contributed by atoms with Crippen molar-refractivity contribution in [2.75, 3.05) is 6.54 Å². The predicted octanol–water partition coefficient (Wildman–Crippen LogP) is 3.79. The normalized spacial score (nSPS) is 22.2. The number of rotatable bonds is 5. The minimum absolute atomic E-state index is 0. The highest BCUT2D eigenvalue weighted by atomic mass is 35.5. The largest absolute Gasteiger partial charge is 0.350 e. The van der Waals surface area contributed by atoms with Crippen molar-refractivity contribution >= 4 is 30.7 Å². The molecular weight excluding hydrogens is 369 g/mol. The second kappa shape index (κ2) is 10.5. The van der Waals surface area contributed by atoms with E-state index >= 15 is 0 Å². The molecule has 2 fully saturated rings. The lowest BCUT2D eigenvalue weighted by molar-refractivity contribution is -0.126. The van der Waals surface area contributed by atoms with Crippen molar-refractivity contribution in [1.29, 1.82) is 0 Å². The van der Waals surface area contributed by atoms with Gasteiger partial charge in [0.05, 0.1) is 5.54 Å². The molecule has 1 amide bonds. The van der Waals surface area contributed by atoms with E-state index in [-0.39, 0.29) is 30.7 Å². The minimum Gasteiger partial charge on any atom is -0.350 e. The third kappa shape index (κ3) is 5.85. The summed E-state index contributed by atoms with van der Waals surface area (Å²) in [5, 5.41) is 3.01. The molecule has 3 rings (SSSR count). The van der Waals surface area contributed by atoms with Gasteiger partial charge < -0.3 is 11.1 Å². The maximum Gasteiger partial charge on any atom is 0.240 e. The lowest BCUT2D eigenvalue weighted by Crippen LogP contribution is -2.51. The minimum atomic E-state index is -0.635. The van der Waals surface area contributed by atoms with Crippen molar-refractivity contribution in [3.63, 3.8) is 0 Å². The molecule has 1 aliphatic heterocycles. The smallest absolute Gasteiger partial charge is 0.240 e. The number of nitrogens with one attached hydrogen (secondary N) is 1. The van der Waals surface area contributed by atoms with Gasteiger partial charge in [0, 0.05) is 19.1 Å². The Morgan fingerprint density at radius 2 is 1.73 bits per heavy atom. The number of piperidine rings is 1. The van der Waals surface area contributed by atoms with E-state index in [2.05, 4.69) is 41.4 Å². The summed E-state index contributed by atoms with van der Waals surface area (Å²) in [6.07, 6.45) is 7.73. The SMILES string of the molecule is CC1CCCCN1Cc1ccc(CNC(=O)C2(N)CCCC2)cc1.Cl.Cl. The topological polar surface area (TPSA) is 58.4 Å². The number of carbonyl (C=O) groups is 1. The first-order valence-electron chi connectivity index (χ1n) is 9.46. The Morgan fingerprint density at radius 1 is 1.12 bits per heavy atom. The number of hydrogen-bond donors (Lipinski definition) is 2. The zero-order valence-electron chi connectivity index (χ0n) is 15.7. The monoisotopic (exact) mass is 401 g/mol. The van der Waals surface area contributed by atoms with E-state index in [1.165, 1.54) is 31.4 Å². The molecule has 3 N–H and O–H groups in total. The lowest BCUT2D eigenvalue weighted by atomic mass is 9.98. The van der Waals surface area contributed by atoms with E-state index in [0.717, 1.165) is 37.8 Å². The fourth-order valence-electron chi connectivity index (χ4n) is 3.98. The molecule has 4 nitrogen and oxygen atoms in total. The summed E-state index contributed by atoms with van der Waals surface area (Å²) in [7, 11) is 0. The number of likely N-dealkylation sites (tertiary alicyclic amines) is 1. The average Bonchev–Trinajstić information content (AvgIpc) is 3.04. The van der Waals surface area contributed by atoms with E-state index in [4.69, 9.17) is 5.73 Å². The van der Waals surface area contributed by atoms with E-state index in [9.17, 15) is 4.79 Å². The summed E-state index contributed by atoms with van der Waals surface area (Å²) >= 11 is 0. The van der Waals surface area contributed by atoms with Crippen LogP contribution in [-0.4, -0.2) is 28.9 Å². The molecule has 1 aromatic rings. The third-order valence-corrected chi connectivity index (χ3v) is 5.75. The molecule has 1 saturated heterocycles. The van der Waals surface area contributed by atoms with Gasteiger partial charge in [0.25, 0.3) is 0 Å². The fourth-order valence-corrected chi connectivity index (χ4v) is 3.98.